The summed E-state index contributed by atoms with van der Waals surface area (Å²) in [6.07, 6.45) is 7.25. The molecule has 5 heteroatoms. The van der Waals surface area contributed by atoms with Crippen LogP contribution in [0.1, 0.15) is 38.7 Å². The molecule has 0 unspecified atom stereocenters. The molecule has 0 aromatic carbocycles. The summed E-state index contributed by atoms with van der Waals surface area (Å²) in [6.45, 7) is 7.41. The van der Waals surface area contributed by atoms with Crippen LogP contribution >= 0.6 is 0 Å². The lowest BCUT2D eigenvalue weighted by Gasteiger charge is -2.31. The first-order chi connectivity index (χ1) is 9.19. The van der Waals surface area contributed by atoms with Crippen molar-refractivity contribution in [1.29, 1.82) is 0 Å². The number of nitrogens with zero attached hydrogens (tertiary/aromatic N) is 3. The zero-order chi connectivity index (χ0) is 13.7. The molecular formula is C14H24N4O. The largest absolute Gasteiger partial charge is 0.343 e. The molecule has 1 N–H and O–H groups in total. The Balaban J connectivity index is 1.72. The number of nitrogens with one attached hydrogen (secondary N) is 1. The summed E-state index contributed by atoms with van der Waals surface area (Å²) in [7, 11) is 0. The van der Waals surface area contributed by atoms with Gasteiger partial charge in [-0.25, -0.2) is 0 Å². The van der Waals surface area contributed by atoms with Gasteiger partial charge in [-0.2, -0.15) is 5.10 Å². The minimum absolute atomic E-state index is 0.194. The maximum Gasteiger partial charge on any atom is 0.219 e. The van der Waals surface area contributed by atoms with Crippen LogP contribution in [0.5, 0.6) is 0 Å². The average Bonchev–Trinajstić information content (AvgIpc) is 2.85. The van der Waals surface area contributed by atoms with Crippen molar-refractivity contribution < 1.29 is 4.79 Å². The standard InChI is InChI=1S/C14H24N4O/c1-3-6-18-11-13(10-16-18)9-15-14-4-7-17(8-5-14)12(2)19/h10-11,14-15H,3-9H2,1-2H3. The van der Waals surface area contributed by atoms with Gasteiger partial charge in [-0.1, -0.05) is 6.92 Å². The molecule has 19 heavy (non-hydrogen) atoms. The van der Waals surface area contributed by atoms with Crippen LogP contribution in [0.25, 0.3) is 0 Å². The van der Waals surface area contributed by atoms with Gasteiger partial charge in [-0.3, -0.25) is 9.48 Å². The van der Waals surface area contributed by atoms with Crippen molar-refractivity contribution in [1.82, 2.24) is 20.0 Å². The Bertz CT molecular complexity index is 407. The average molecular weight is 264 g/mol. The van der Waals surface area contributed by atoms with Gasteiger partial charge in [-0.05, 0) is 19.3 Å². The van der Waals surface area contributed by atoms with Gasteiger partial charge in [0, 0.05) is 50.9 Å². The predicted molar refractivity (Wildman–Crippen MR) is 74.6 cm³/mol. The summed E-state index contributed by atoms with van der Waals surface area (Å²) >= 11 is 0. The lowest BCUT2D eigenvalue weighted by molar-refractivity contribution is -0.129. The third kappa shape index (κ3) is 4.06. The van der Waals surface area contributed by atoms with Gasteiger partial charge in [0.05, 0.1) is 6.20 Å². The number of likely N-dealkylation sites (tertiary alicyclic amines) is 1. The molecule has 0 atom stereocenters. The molecule has 1 aliphatic rings. The predicted octanol–water partition coefficient (Wildman–Crippen LogP) is 1.39. The molecule has 5 nitrogen and oxygen atoms in total. The molecule has 1 aromatic heterocycles. The van der Waals surface area contributed by atoms with Crippen LogP contribution in [-0.4, -0.2) is 39.7 Å². The summed E-state index contributed by atoms with van der Waals surface area (Å²) in [4.78, 5) is 13.2. The number of piperidine rings is 1. The first-order valence-corrected chi connectivity index (χ1v) is 7.19. The molecule has 1 aromatic rings. The molecule has 1 saturated heterocycles. The minimum Gasteiger partial charge on any atom is -0.343 e. The third-order valence-electron chi connectivity index (χ3n) is 3.67. The van der Waals surface area contributed by atoms with Gasteiger partial charge in [0.15, 0.2) is 0 Å². The Kier molecular flexibility index (Phi) is 4.96. The Morgan fingerprint density at radius 1 is 1.47 bits per heavy atom. The number of aromatic nitrogens is 2. The Morgan fingerprint density at radius 3 is 2.84 bits per heavy atom. The summed E-state index contributed by atoms with van der Waals surface area (Å²) < 4.78 is 2.00. The van der Waals surface area contributed by atoms with E-state index >= 15 is 0 Å². The van der Waals surface area contributed by atoms with E-state index in [1.807, 2.05) is 15.8 Å². The number of hydrogen-bond acceptors (Lipinski definition) is 3. The van der Waals surface area contributed by atoms with Crippen LogP contribution in [0.3, 0.4) is 0 Å². The van der Waals surface area contributed by atoms with E-state index in [-0.39, 0.29) is 5.91 Å². The molecule has 0 bridgehead atoms. The quantitative estimate of drug-likeness (QED) is 0.874. The smallest absolute Gasteiger partial charge is 0.219 e. The number of aryl methyl sites for hydroxylation is 1. The van der Waals surface area contributed by atoms with E-state index in [1.54, 1.807) is 6.92 Å². The van der Waals surface area contributed by atoms with Gasteiger partial charge in [0.2, 0.25) is 5.91 Å². The van der Waals surface area contributed by atoms with Crippen LogP contribution in [-0.2, 0) is 17.9 Å². The second-order valence-corrected chi connectivity index (χ2v) is 5.27. The van der Waals surface area contributed by atoms with E-state index in [0.717, 1.165) is 45.4 Å². The van der Waals surface area contributed by atoms with E-state index in [0.29, 0.717) is 6.04 Å². The summed E-state index contributed by atoms with van der Waals surface area (Å²) in [6, 6.07) is 0.519. The zero-order valence-electron chi connectivity index (χ0n) is 11.9. The Labute approximate surface area is 115 Å². The van der Waals surface area contributed by atoms with Crippen molar-refractivity contribution >= 4 is 5.91 Å². The van der Waals surface area contributed by atoms with E-state index in [9.17, 15) is 4.79 Å². The fourth-order valence-electron chi connectivity index (χ4n) is 2.51. The van der Waals surface area contributed by atoms with E-state index in [4.69, 9.17) is 0 Å². The molecule has 0 radical (unpaired) electrons. The number of amides is 1. The van der Waals surface area contributed by atoms with Crippen LogP contribution in [0.2, 0.25) is 0 Å². The fraction of sp³-hybridized carbons (Fsp3) is 0.714. The van der Waals surface area contributed by atoms with Crippen LogP contribution < -0.4 is 5.32 Å². The molecule has 2 rings (SSSR count). The van der Waals surface area contributed by atoms with Crippen molar-refractivity contribution in [2.24, 2.45) is 0 Å². The lowest BCUT2D eigenvalue weighted by Crippen LogP contribution is -2.43. The van der Waals surface area contributed by atoms with Crippen molar-refractivity contribution in [2.75, 3.05) is 13.1 Å². The molecule has 0 aliphatic carbocycles. The van der Waals surface area contributed by atoms with E-state index in [1.165, 1.54) is 5.56 Å². The van der Waals surface area contributed by atoms with Crippen LogP contribution in [0.4, 0.5) is 0 Å². The van der Waals surface area contributed by atoms with Crippen molar-refractivity contribution in [2.45, 2.75) is 52.2 Å². The second-order valence-electron chi connectivity index (χ2n) is 5.27. The highest BCUT2D eigenvalue weighted by Crippen LogP contribution is 2.11. The fourth-order valence-corrected chi connectivity index (χ4v) is 2.51. The minimum atomic E-state index is 0.194. The molecule has 1 fully saturated rings. The topological polar surface area (TPSA) is 50.2 Å². The number of carbonyl (C=O) groups excluding carboxylic acids is 1. The van der Waals surface area contributed by atoms with Crippen molar-refractivity contribution in [3.05, 3.63) is 18.0 Å². The SMILES string of the molecule is CCCn1cc(CNC2CCN(C(C)=O)CC2)cn1. The molecule has 1 aliphatic heterocycles. The Hall–Kier alpha value is -1.36. The normalized spacial score (nSPS) is 16.8. The first kappa shape index (κ1) is 14.1. The summed E-state index contributed by atoms with van der Waals surface area (Å²) in [5, 5.41) is 7.89. The monoisotopic (exact) mass is 264 g/mol. The second kappa shape index (κ2) is 6.70. The number of rotatable bonds is 5. The zero-order valence-corrected chi connectivity index (χ0v) is 11.9. The van der Waals surface area contributed by atoms with Gasteiger partial charge in [-0.15, -0.1) is 0 Å². The van der Waals surface area contributed by atoms with E-state index in [2.05, 4.69) is 23.5 Å². The molecular weight excluding hydrogens is 240 g/mol. The van der Waals surface area contributed by atoms with Gasteiger partial charge in [0.25, 0.3) is 0 Å². The third-order valence-corrected chi connectivity index (χ3v) is 3.67. The number of carbonyl (C=O) groups is 1. The van der Waals surface area contributed by atoms with Gasteiger partial charge < -0.3 is 10.2 Å². The Morgan fingerprint density at radius 2 is 2.21 bits per heavy atom. The maximum atomic E-state index is 11.2. The number of hydrogen-bond donors (Lipinski definition) is 1. The molecule has 2 heterocycles. The molecule has 0 saturated carbocycles. The summed E-state index contributed by atoms with van der Waals surface area (Å²) in [5.41, 5.74) is 1.24. The first-order valence-electron chi connectivity index (χ1n) is 7.19. The maximum absolute atomic E-state index is 11.2. The van der Waals surface area contributed by atoms with E-state index < -0.39 is 0 Å². The van der Waals surface area contributed by atoms with Crippen LogP contribution in [0.15, 0.2) is 12.4 Å². The molecule has 0 spiro atoms. The lowest BCUT2D eigenvalue weighted by atomic mass is 10.0. The van der Waals surface area contributed by atoms with Gasteiger partial charge in [0.1, 0.15) is 0 Å². The van der Waals surface area contributed by atoms with Gasteiger partial charge >= 0.3 is 0 Å². The summed E-state index contributed by atoms with van der Waals surface area (Å²) in [5.74, 6) is 0.194. The highest BCUT2D eigenvalue weighted by Gasteiger charge is 2.20. The molecule has 1 amide bonds. The highest BCUT2D eigenvalue weighted by molar-refractivity contribution is 5.73. The molecule has 106 valence electrons. The van der Waals surface area contributed by atoms with Crippen LogP contribution in [0, 0.1) is 0 Å². The van der Waals surface area contributed by atoms with Crippen molar-refractivity contribution in [3.63, 3.8) is 0 Å². The highest BCUT2D eigenvalue weighted by atomic mass is 16.2. The van der Waals surface area contributed by atoms with Crippen molar-refractivity contribution in [3.8, 4) is 0 Å².